The normalized spacial score (nSPS) is 13.6. The van der Waals surface area contributed by atoms with Crippen LogP contribution in [0.15, 0.2) is 0 Å². The molecule has 0 aromatic rings. The van der Waals surface area contributed by atoms with Crippen LogP contribution in [0.4, 0.5) is 0 Å². The molecule has 0 unspecified atom stereocenters. The van der Waals surface area contributed by atoms with Crippen molar-refractivity contribution in [2.75, 3.05) is 0 Å². The van der Waals surface area contributed by atoms with E-state index in [2.05, 4.69) is 6.13 Å². The molecule has 0 fully saturated rings. The summed E-state index contributed by atoms with van der Waals surface area (Å²) in [6.45, 7) is 0. The molecular formula is HO12W4. The van der Waals surface area contributed by atoms with E-state index >= 15 is 0 Å². The topological polar surface area (TPSA) is 184 Å². The average Bonchev–Trinajstić information content (AvgIpc) is 1.69. The van der Waals surface area contributed by atoms with Crippen LogP contribution in [-0.2, 0) is 101 Å². The van der Waals surface area contributed by atoms with Crippen molar-refractivity contribution < 1.29 is 105 Å². The predicted octanol–water partition coefficient (Wildman–Crippen LogP) is -1.72. The van der Waals surface area contributed by atoms with Gasteiger partial charge in [-0.05, 0) is 0 Å². The molecule has 0 rings (SSSR count). The van der Waals surface area contributed by atoms with Gasteiger partial charge in [0.25, 0.3) is 0 Å². The van der Waals surface area contributed by atoms with Crippen LogP contribution >= 0.6 is 0 Å². The molecule has 0 aliphatic rings. The monoisotopic (exact) mass is 929 g/mol. The van der Waals surface area contributed by atoms with Gasteiger partial charge in [-0.25, -0.2) is 0 Å². The van der Waals surface area contributed by atoms with Gasteiger partial charge in [-0.2, -0.15) is 0 Å². The summed E-state index contributed by atoms with van der Waals surface area (Å²) in [5.41, 5.74) is 0. The van der Waals surface area contributed by atoms with Crippen molar-refractivity contribution in [1.29, 1.82) is 0 Å². The summed E-state index contributed by atoms with van der Waals surface area (Å²) in [4.78, 5) is 0. The van der Waals surface area contributed by atoms with E-state index in [1.54, 1.807) is 0 Å². The molecule has 0 saturated heterocycles. The third-order valence-corrected chi connectivity index (χ3v) is 31.8. The summed E-state index contributed by atoms with van der Waals surface area (Å²) in [6.07, 6.45) is 0. The molecule has 1 N–H and O–H groups in total. The molecule has 16 heavy (non-hydrogen) atoms. The van der Waals surface area contributed by atoms with Crippen LogP contribution in [0.3, 0.4) is 0 Å². The van der Waals surface area contributed by atoms with Crippen molar-refractivity contribution in [1.82, 2.24) is 0 Å². The van der Waals surface area contributed by atoms with E-state index < -0.39 is 67.9 Å². The Hall–Kier alpha value is 0.993. The van der Waals surface area contributed by atoms with Gasteiger partial charge >= 0.3 is 105 Å². The number of hydrogen-bond acceptors (Lipinski definition) is 11. The van der Waals surface area contributed by atoms with E-state index in [4.69, 9.17) is 3.76 Å². The van der Waals surface area contributed by atoms with Gasteiger partial charge in [-0.1, -0.05) is 0 Å². The molecule has 97 valence electrons. The SMILES string of the molecule is [O]=[W](=[O])[O][W](=[O])(=[O])[O][W](=[O])(=[O])[O][W](=[O])(=[O])[OH]. The predicted molar refractivity (Wildman–Crippen MR) is 11.0 cm³/mol. The average molecular weight is 928 g/mol. The van der Waals surface area contributed by atoms with Gasteiger partial charge in [0.05, 0.1) is 0 Å². The van der Waals surface area contributed by atoms with E-state index in [0.717, 1.165) is 0 Å². The van der Waals surface area contributed by atoms with Crippen molar-refractivity contribution in [3.05, 3.63) is 0 Å². The summed E-state index contributed by atoms with van der Waals surface area (Å²) in [5, 5.41) is 0. The van der Waals surface area contributed by atoms with Crippen molar-refractivity contribution in [2.24, 2.45) is 0 Å². The Balaban J connectivity index is 5.01. The fourth-order valence-corrected chi connectivity index (χ4v) is 30.9. The number of rotatable bonds is 6. The van der Waals surface area contributed by atoms with Crippen LogP contribution in [0.25, 0.3) is 0 Å². The van der Waals surface area contributed by atoms with Gasteiger partial charge in [0.15, 0.2) is 0 Å². The van der Waals surface area contributed by atoms with Gasteiger partial charge in [0.2, 0.25) is 0 Å². The van der Waals surface area contributed by atoms with Gasteiger partial charge < -0.3 is 0 Å². The Labute approximate surface area is 104 Å². The fourth-order valence-electron chi connectivity index (χ4n) is 0.298. The van der Waals surface area contributed by atoms with Crippen molar-refractivity contribution >= 4 is 0 Å². The Morgan fingerprint density at radius 1 is 0.812 bits per heavy atom. The molecule has 0 atom stereocenters. The van der Waals surface area contributed by atoms with Crippen LogP contribution in [0.1, 0.15) is 0 Å². The van der Waals surface area contributed by atoms with Gasteiger partial charge in [0, 0.05) is 0 Å². The Morgan fingerprint density at radius 2 is 1.25 bits per heavy atom. The summed E-state index contributed by atoms with van der Waals surface area (Å²) in [7, 11) is 0. The molecule has 16 heteroatoms. The van der Waals surface area contributed by atoms with Gasteiger partial charge in [-0.15, -0.1) is 0 Å². The second-order valence-corrected chi connectivity index (χ2v) is 25.5. The minimum atomic E-state index is -6.98. The molecule has 0 amide bonds. The van der Waals surface area contributed by atoms with E-state index in [0.29, 0.717) is 0 Å². The van der Waals surface area contributed by atoms with Crippen LogP contribution < -0.4 is 0 Å². The molecule has 0 heterocycles. The summed E-state index contributed by atoms with van der Waals surface area (Å²) >= 11 is -25.6. The summed E-state index contributed by atoms with van der Waals surface area (Å²) in [6, 6.07) is 0. The minimum absolute atomic E-state index is 3.06. The zero-order chi connectivity index (χ0) is 13.2. The molecule has 0 aliphatic heterocycles. The molecule has 12 nitrogen and oxygen atoms in total. The molecule has 0 aromatic heterocycles. The second-order valence-electron chi connectivity index (χ2n) is 1.65. The van der Waals surface area contributed by atoms with Crippen LogP contribution in [0, 0.1) is 0 Å². The Bertz CT molecular complexity index is 597. The molecule has 0 bridgehead atoms. The van der Waals surface area contributed by atoms with E-state index in [-0.39, 0.29) is 0 Å². The van der Waals surface area contributed by atoms with E-state index in [1.165, 1.54) is 0 Å². The molecule has 0 radical (unpaired) electrons. The van der Waals surface area contributed by atoms with Crippen molar-refractivity contribution in [2.45, 2.75) is 0 Å². The Kier molecular flexibility index (Phi) is 6.11. The summed E-state index contributed by atoms with van der Waals surface area (Å²) in [5.74, 6) is 0. The maximum absolute atomic E-state index is 10.6. The van der Waals surface area contributed by atoms with Crippen LogP contribution in [0.5, 0.6) is 0 Å². The van der Waals surface area contributed by atoms with Crippen molar-refractivity contribution in [3.8, 4) is 0 Å². The first-order valence-corrected chi connectivity index (χ1v) is 20.6. The van der Waals surface area contributed by atoms with Gasteiger partial charge in [0.1, 0.15) is 0 Å². The second kappa shape index (κ2) is 5.76. The molecular weight excluding hydrogens is 927 g/mol. The van der Waals surface area contributed by atoms with E-state index in [9.17, 15) is 27.2 Å². The first-order chi connectivity index (χ1) is 6.83. The van der Waals surface area contributed by atoms with E-state index in [1.807, 2.05) is 0 Å². The standard InChI is InChI=1S/H2O.11O.4W/h1H2;;;;;;;;;;;;;;;/q;;;;;;;;;;;;;;;+1/p-1. The first-order valence-electron chi connectivity index (χ1n) is 2.52. The quantitative estimate of drug-likeness (QED) is 0.319. The Morgan fingerprint density at radius 3 is 1.56 bits per heavy atom. The van der Waals surface area contributed by atoms with Crippen LogP contribution in [-0.4, -0.2) is 3.76 Å². The summed E-state index contributed by atoms with van der Waals surface area (Å²) < 4.78 is 99.9. The van der Waals surface area contributed by atoms with Crippen molar-refractivity contribution in [3.63, 3.8) is 0 Å². The molecule has 0 saturated carbocycles. The molecule has 0 spiro atoms. The molecule has 0 aromatic carbocycles. The fraction of sp³-hybridized carbons (Fsp3) is 0. The van der Waals surface area contributed by atoms with Gasteiger partial charge in [-0.3, -0.25) is 0 Å². The third kappa shape index (κ3) is 9.07. The zero-order valence-electron chi connectivity index (χ0n) is 6.57. The molecule has 0 aliphatic carbocycles. The third-order valence-electron chi connectivity index (χ3n) is 0.475. The number of hydrogen-bond donors (Lipinski definition) is 1. The zero-order valence-corrected chi connectivity index (χ0v) is 18.3. The first kappa shape index (κ1) is 17.0. The maximum atomic E-state index is 10.6. The van der Waals surface area contributed by atoms with Crippen LogP contribution in [0.2, 0.25) is 0 Å².